The molecule has 0 N–H and O–H groups in total. The Balaban J connectivity index is 2.12. The summed E-state index contributed by atoms with van der Waals surface area (Å²) in [6.45, 7) is 1.68. The summed E-state index contributed by atoms with van der Waals surface area (Å²) >= 11 is 0. The van der Waals surface area contributed by atoms with E-state index in [0.29, 0.717) is 0 Å². The van der Waals surface area contributed by atoms with Gasteiger partial charge in [0.2, 0.25) is 0 Å². The van der Waals surface area contributed by atoms with Crippen LogP contribution in [0.4, 0.5) is 0 Å². The van der Waals surface area contributed by atoms with Gasteiger partial charge in [-0.1, -0.05) is 30.3 Å². The van der Waals surface area contributed by atoms with Gasteiger partial charge in [0.1, 0.15) is 18.1 Å². The lowest BCUT2D eigenvalue weighted by Crippen LogP contribution is -1.87. The molecule has 0 aromatic heterocycles. The van der Waals surface area contributed by atoms with Crippen LogP contribution in [0.15, 0.2) is 54.6 Å². The van der Waals surface area contributed by atoms with Gasteiger partial charge in [0.15, 0.2) is 0 Å². The van der Waals surface area contributed by atoms with Crippen LogP contribution in [0, 0.1) is 6.61 Å². The first-order chi connectivity index (χ1) is 7.88. The smallest absolute Gasteiger partial charge is 0.127 e. The van der Waals surface area contributed by atoms with Gasteiger partial charge in [-0.2, -0.15) is 0 Å². The normalized spacial score (nSPS) is 10.1. The number of methoxy groups -OCH3 is 1. The Kier molecular flexibility index (Phi) is 3.57. The van der Waals surface area contributed by atoms with Crippen molar-refractivity contribution in [2.45, 2.75) is 0 Å². The molecule has 81 valence electrons. The van der Waals surface area contributed by atoms with Crippen LogP contribution < -0.4 is 4.74 Å². The molecule has 0 amide bonds. The van der Waals surface area contributed by atoms with Gasteiger partial charge >= 0.3 is 0 Å². The summed E-state index contributed by atoms with van der Waals surface area (Å²) in [5.41, 5.74) is 0.982. The number of rotatable bonds is 4. The first kappa shape index (κ1) is 10.7. The second-order valence-electron chi connectivity index (χ2n) is 3.34. The highest BCUT2D eigenvalue weighted by Gasteiger charge is 1.98. The maximum atomic E-state index is 5.69. The Morgan fingerprint density at radius 2 is 1.62 bits per heavy atom. The monoisotopic (exact) mass is 213 g/mol. The Morgan fingerprint density at radius 3 is 2.38 bits per heavy atom. The molecule has 2 rings (SSSR count). The van der Waals surface area contributed by atoms with Gasteiger partial charge in [0.25, 0.3) is 0 Å². The summed E-state index contributed by atoms with van der Waals surface area (Å²) < 4.78 is 10.6. The van der Waals surface area contributed by atoms with Crippen LogP contribution in [0.25, 0.3) is 0 Å². The van der Waals surface area contributed by atoms with Crippen molar-refractivity contribution in [3.05, 3.63) is 66.8 Å². The zero-order valence-electron chi connectivity index (χ0n) is 9.09. The third kappa shape index (κ3) is 2.84. The maximum Gasteiger partial charge on any atom is 0.127 e. The van der Waals surface area contributed by atoms with E-state index in [0.717, 1.165) is 17.1 Å². The number of ether oxygens (including phenoxy) is 2. The summed E-state index contributed by atoms with van der Waals surface area (Å²) in [5, 5.41) is 0. The molecule has 2 aromatic carbocycles. The minimum absolute atomic E-state index is 0.803. The fourth-order valence-electron chi connectivity index (χ4n) is 1.41. The summed E-state index contributed by atoms with van der Waals surface area (Å²) in [7, 11) is 1.63. The largest absolute Gasteiger partial charge is 0.457 e. The SMILES string of the molecule is CO[CH]c1cccc(Oc2ccccc2)c1. The Labute approximate surface area is 95.4 Å². The molecule has 0 saturated heterocycles. The summed E-state index contributed by atoms with van der Waals surface area (Å²) in [4.78, 5) is 0. The van der Waals surface area contributed by atoms with Crippen molar-refractivity contribution >= 4 is 0 Å². The molecule has 0 saturated carbocycles. The number of para-hydroxylation sites is 1. The minimum Gasteiger partial charge on any atom is -0.457 e. The molecule has 0 heterocycles. The lowest BCUT2D eigenvalue weighted by atomic mass is 10.2. The summed E-state index contributed by atoms with van der Waals surface area (Å²) in [6, 6.07) is 17.4. The summed E-state index contributed by atoms with van der Waals surface area (Å²) in [6.07, 6.45) is 0. The standard InChI is InChI=1S/C14H13O2/c1-15-11-12-6-5-9-14(10-12)16-13-7-3-2-4-8-13/h2-11H,1H3. The number of benzene rings is 2. The van der Waals surface area contributed by atoms with Gasteiger partial charge < -0.3 is 9.47 Å². The predicted octanol–water partition coefficient (Wildman–Crippen LogP) is 3.64. The van der Waals surface area contributed by atoms with Crippen LogP contribution >= 0.6 is 0 Å². The molecule has 2 aromatic rings. The van der Waals surface area contributed by atoms with Crippen molar-refractivity contribution in [3.8, 4) is 11.5 Å². The Morgan fingerprint density at radius 1 is 0.875 bits per heavy atom. The van der Waals surface area contributed by atoms with E-state index >= 15 is 0 Å². The second-order valence-corrected chi connectivity index (χ2v) is 3.34. The highest BCUT2D eigenvalue weighted by atomic mass is 16.5. The van der Waals surface area contributed by atoms with Crippen LogP contribution in [0.1, 0.15) is 5.56 Å². The van der Waals surface area contributed by atoms with Crippen LogP contribution in [-0.4, -0.2) is 7.11 Å². The molecule has 16 heavy (non-hydrogen) atoms. The first-order valence-corrected chi connectivity index (χ1v) is 5.07. The highest BCUT2D eigenvalue weighted by molar-refractivity contribution is 5.35. The molecule has 0 aliphatic rings. The van der Waals surface area contributed by atoms with E-state index < -0.39 is 0 Å². The molecule has 0 atom stereocenters. The van der Waals surface area contributed by atoms with Crippen LogP contribution in [-0.2, 0) is 4.74 Å². The molecule has 0 bridgehead atoms. The molecular formula is C14H13O2. The lowest BCUT2D eigenvalue weighted by molar-refractivity contribution is 0.292. The quantitative estimate of drug-likeness (QED) is 0.772. The Bertz CT molecular complexity index is 437. The van der Waals surface area contributed by atoms with Crippen molar-refractivity contribution in [2.24, 2.45) is 0 Å². The zero-order chi connectivity index (χ0) is 11.2. The van der Waals surface area contributed by atoms with E-state index in [1.807, 2.05) is 54.6 Å². The van der Waals surface area contributed by atoms with E-state index in [2.05, 4.69) is 0 Å². The van der Waals surface area contributed by atoms with Crippen molar-refractivity contribution in [1.82, 2.24) is 0 Å². The topological polar surface area (TPSA) is 18.5 Å². The van der Waals surface area contributed by atoms with Crippen molar-refractivity contribution in [3.63, 3.8) is 0 Å². The number of hydrogen-bond donors (Lipinski definition) is 0. The molecule has 0 aliphatic carbocycles. The van der Waals surface area contributed by atoms with Crippen molar-refractivity contribution in [2.75, 3.05) is 7.11 Å². The van der Waals surface area contributed by atoms with Gasteiger partial charge in [0.05, 0.1) is 0 Å². The van der Waals surface area contributed by atoms with E-state index in [1.165, 1.54) is 0 Å². The fourth-order valence-corrected chi connectivity index (χ4v) is 1.41. The first-order valence-electron chi connectivity index (χ1n) is 5.07. The van der Waals surface area contributed by atoms with E-state index in [-0.39, 0.29) is 0 Å². The average Bonchev–Trinajstić information content (AvgIpc) is 2.31. The average molecular weight is 213 g/mol. The fraction of sp³-hybridized carbons (Fsp3) is 0.0714. The summed E-state index contributed by atoms with van der Waals surface area (Å²) in [5.74, 6) is 1.63. The van der Waals surface area contributed by atoms with Gasteiger partial charge in [-0.15, -0.1) is 0 Å². The third-order valence-corrected chi connectivity index (χ3v) is 2.09. The Hall–Kier alpha value is -1.80. The maximum absolute atomic E-state index is 5.69. The molecule has 0 fully saturated rings. The molecule has 0 aliphatic heterocycles. The van der Waals surface area contributed by atoms with E-state index in [4.69, 9.17) is 9.47 Å². The highest BCUT2D eigenvalue weighted by Crippen LogP contribution is 2.22. The van der Waals surface area contributed by atoms with Crippen LogP contribution in [0.2, 0.25) is 0 Å². The molecule has 0 unspecified atom stereocenters. The molecular weight excluding hydrogens is 200 g/mol. The van der Waals surface area contributed by atoms with Crippen molar-refractivity contribution < 1.29 is 9.47 Å². The van der Waals surface area contributed by atoms with E-state index in [9.17, 15) is 0 Å². The molecule has 1 radical (unpaired) electrons. The van der Waals surface area contributed by atoms with Gasteiger partial charge in [-0.25, -0.2) is 0 Å². The zero-order valence-corrected chi connectivity index (χ0v) is 9.09. The number of hydrogen-bond acceptors (Lipinski definition) is 2. The molecule has 0 spiro atoms. The lowest BCUT2D eigenvalue weighted by Gasteiger charge is -2.06. The third-order valence-electron chi connectivity index (χ3n) is 2.09. The minimum atomic E-state index is 0.803. The van der Waals surface area contributed by atoms with E-state index in [1.54, 1.807) is 13.7 Å². The van der Waals surface area contributed by atoms with Gasteiger partial charge in [0, 0.05) is 7.11 Å². The van der Waals surface area contributed by atoms with Crippen LogP contribution in [0.3, 0.4) is 0 Å². The van der Waals surface area contributed by atoms with Gasteiger partial charge in [-0.3, -0.25) is 0 Å². The van der Waals surface area contributed by atoms with Crippen molar-refractivity contribution in [1.29, 1.82) is 0 Å². The second kappa shape index (κ2) is 5.33. The van der Waals surface area contributed by atoms with Crippen LogP contribution in [0.5, 0.6) is 11.5 Å². The predicted molar refractivity (Wildman–Crippen MR) is 63.4 cm³/mol. The van der Waals surface area contributed by atoms with Gasteiger partial charge in [-0.05, 0) is 29.8 Å². The molecule has 2 heteroatoms. The molecule has 2 nitrogen and oxygen atoms in total.